The number of nitrogens with zero attached hydrogens (tertiary/aromatic N) is 1. The smallest absolute Gasteiger partial charge is 0.153 e. The van der Waals surface area contributed by atoms with Gasteiger partial charge >= 0.3 is 0 Å². The maximum Gasteiger partial charge on any atom is 0.153 e. The van der Waals surface area contributed by atoms with Crippen LogP contribution in [0.25, 0.3) is 0 Å². The molecule has 0 aliphatic carbocycles. The van der Waals surface area contributed by atoms with Crippen LogP contribution in [0.15, 0.2) is 12.1 Å². The van der Waals surface area contributed by atoms with Crippen molar-refractivity contribution in [1.82, 2.24) is 4.90 Å². The zero-order chi connectivity index (χ0) is 15.8. The molecule has 0 saturated carbocycles. The molecule has 5 heteroatoms. The number of hydrogen-bond donors (Lipinski definition) is 0. The van der Waals surface area contributed by atoms with Gasteiger partial charge in [0.05, 0.1) is 25.4 Å². The van der Waals surface area contributed by atoms with Crippen molar-refractivity contribution in [2.24, 2.45) is 0 Å². The van der Waals surface area contributed by atoms with Gasteiger partial charge < -0.3 is 14.2 Å². The maximum atomic E-state index is 11.2. The second-order valence-corrected chi connectivity index (χ2v) is 5.38. The number of benzene rings is 1. The molecule has 22 heavy (non-hydrogen) atoms. The lowest BCUT2D eigenvalue weighted by Gasteiger charge is -2.26. The Morgan fingerprint density at radius 3 is 2.68 bits per heavy atom. The standard InChI is InChI=1S/C17H25NO4/c1-3-9-21-16-5-4-15(13-19)17(14(16)2)22-12-8-18-6-10-20-11-7-18/h4-5,13H,3,6-12H2,1-2H3. The first-order chi connectivity index (χ1) is 10.8. The molecule has 1 aromatic carbocycles. The van der Waals surface area contributed by atoms with Crippen LogP contribution in [0.1, 0.15) is 29.3 Å². The fourth-order valence-electron chi connectivity index (χ4n) is 2.45. The largest absolute Gasteiger partial charge is 0.493 e. The Bertz CT molecular complexity index is 484. The van der Waals surface area contributed by atoms with E-state index in [0.717, 1.165) is 56.9 Å². The van der Waals surface area contributed by atoms with Gasteiger partial charge in [-0.25, -0.2) is 0 Å². The lowest BCUT2D eigenvalue weighted by molar-refractivity contribution is 0.0321. The van der Waals surface area contributed by atoms with Crippen molar-refractivity contribution < 1.29 is 19.0 Å². The predicted octanol–water partition coefficient (Wildman–Crippen LogP) is 2.31. The molecule has 0 bridgehead atoms. The molecule has 0 unspecified atom stereocenters. The quantitative estimate of drug-likeness (QED) is 0.690. The summed E-state index contributed by atoms with van der Waals surface area (Å²) in [6, 6.07) is 3.60. The summed E-state index contributed by atoms with van der Waals surface area (Å²) in [5.41, 5.74) is 1.46. The van der Waals surface area contributed by atoms with Crippen LogP contribution in [-0.4, -0.2) is 57.2 Å². The Balaban J connectivity index is 1.98. The van der Waals surface area contributed by atoms with Gasteiger partial charge in [-0.1, -0.05) is 6.92 Å². The van der Waals surface area contributed by atoms with E-state index in [0.29, 0.717) is 24.5 Å². The van der Waals surface area contributed by atoms with Crippen molar-refractivity contribution in [2.45, 2.75) is 20.3 Å². The van der Waals surface area contributed by atoms with Crippen molar-refractivity contribution >= 4 is 6.29 Å². The van der Waals surface area contributed by atoms with Crippen molar-refractivity contribution in [3.05, 3.63) is 23.3 Å². The maximum absolute atomic E-state index is 11.2. The average Bonchev–Trinajstić information content (AvgIpc) is 2.56. The first-order valence-corrected chi connectivity index (χ1v) is 7.90. The van der Waals surface area contributed by atoms with Crippen molar-refractivity contribution in [2.75, 3.05) is 46.1 Å². The van der Waals surface area contributed by atoms with Gasteiger partial charge in [0.1, 0.15) is 18.1 Å². The first kappa shape index (κ1) is 16.8. The van der Waals surface area contributed by atoms with Gasteiger partial charge in [0.15, 0.2) is 6.29 Å². The first-order valence-electron chi connectivity index (χ1n) is 7.90. The molecule has 1 aliphatic heterocycles. The fourth-order valence-corrected chi connectivity index (χ4v) is 2.45. The highest BCUT2D eigenvalue weighted by Gasteiger charge is 2.14. The highest BCUT2D eigenvalue weighted by atomic mass is 16.5. The zero-order valence-corrected chi connectivity index (χ0v) is 13.5. The Labute approximate surface area is 132 Å². The fraction of sp³-hybridized carbons (Fsp3) is 0.588. The van der Waals surface area contributed by atoms with Crippen LogP contribution in [0.4, 0.5) is 0 Å². The van der Waals surface area contributed by atoms with Crippen LogP contribution in [0.3, 0.4) is 0 Å². The summed E-state index contributed by atoms with van der Waals surface area (Å²) < 4.78 is 16.9. The molecule has 1 aliphatic rings. The van der Waals surface area contributed by atoms with Crippen molar-refractivity contribution in [3.63, 3.8) is 0 Å². The second kappa shape index (κ2) is 8.76. The molecule has 1 fully saturated rings. The summed E-state index contributed by atoms with van der Waals surface area (Å²) in [4.78, 5) is 13.5. The van der Waals surface area contributed by atoms with E-state index in [1.165, 1.54) is 0 Å². The molecule has 0 aromatic heterocycles. The van der Waals surface area contributed by atoms with Crippen LogP contribution in [0.5, 0.6) is 11.5 Å². The molecule has 0 spiro atoms. The molecule has 1 saturated heterocycles. The monoisotopic (exact) mass is 307 g/mol. The normalized spacial score (nSPS) is 15.5. The molecule has 1 aromatic rings. The summed E-state index contributed by atoms with van der Waals surface area (Å²) in [6.07, 6.45) is 1.78. The minimum atomic E-state index is 0.554. The van der Waals surface area contributed by atoms with E-state index in [9.17, 15) is 4.79 Å². The molecular weight excluding hydrogens is 282 g/mol. The Morgan fingerprint density at radius 2 is 2.00 bits per heavy atom. The number of rotatable bonds is 8. The summed E-state index contributed by atoms with van der Waals surface area (Å²) in [5, 5.41) is 0. The summed E-state index contributed by atoms with van der Waals surface area (Å²) in [6.45, 7) is 9.47. The average molecular weight is 307 g/mol. The van der Waals surface area contributed by atoms with Gasteiger partial charge in [-0.2, -0.15) is 0 Å². The lowest BCUT2D eigenvalue weighted by Crippen LogP contribution is -2.38. The van der Waals surface area contributed by atoms with Gasteiger partial charge in [-0.05, 0) is 25.5 Å². The summed E-state index contributed by atoms with van der Waals surface area (Å²) in [5.74, 6) is 1.42. The highest BCUT2D eigenvalue weighted by molar-refractivity contribution is 5.81. The number of ether oxygens (including phenoxy) is 3. The molecule has 0 amide bonds. The van der Waals surface area contributed by atoms with Gasteiger partial charge in [0.25, 0.3) is 0 Å². The third-order valence-electron chi connectivity index (χ3n) is 3.73. The predicted molar refractivity (Wildman–Crippen MR) is 85.1 cm³/mol. The van der Waals surface area contributed by atoms with E-state index in [2.05, 4.69) is 11.8 Å². The molecule has 2 rings (SSSR count). The van der Waals surface area contributed by atoms with Gasteiger partial charge in [-0.3, -0.25) is 9.69 Å². The lowest BCUT2D eigenvalue weighted by atomic mass is 10.1. The molecular formula is C17H25NO4. The topological polar surface area (TPSA) is 48.0 Å². The zero-order valence-electron chi connectivity index (χ0n) is 13.5. The van der Waals surface area contributed by atoms with Crippen LogP contribution in [0, 0.1) is 6.92 Å². The molecule has 5 nitrogen and oxygen atoms in total. The summed E-state index contributed by atoms with van der Waals surface area (Å²) in [7, 11) is 0. The van der Waals surface area contributed by atoms with Crippen molar-refractivity contribution in [1.29, 1.82) is 0 Å². The van der Waals surface area contributed by atoms with E-state index < -0.39 is 0 Å². The number of carbonyl (C=O) groups is 1. The van der Waals surface area contributed by atoms with Crippen LogP contribution in [0.2, 0.25) is 0 Å². The molecule has 0 atom stereocenters. The number of morpholine rings is 1. The number of hydrogen-bond acceptors (Lipinski definition) is 5. The number of carbonyl (C=O) groups excluding carboxylic acids is 1. The highest BCUT2D eigenvalue weighted by Crippen LogP contribution is 2.31. The van der Waals surface area contributed by atoms with Gasteiger partial charge in [-0.15, -0.1) is 0 Å². The molecule has 0 N–H and O–H groups in total. The minimum Gasteiger partial charge on any atom is -0.493 e. The van der Waals surface area contributed by atoms with E-state index in [-0.39, 0.29) is 0 Å². The van der Waals surface area contributed by atoms with Crippen LogP contribution in [-0.2, 0) is 4.74 Å². The SMILES string of the molecule is CCCOc1ccc(C=O)c(OCCN2CCOCC2)c1C. The van der Waals surface area contributed by atoms with Crippen molar-refractivity contribution in [3.8, 4) is 11.5 Å². The van der Waals surface area contributed by atoms with Crippen LogP contribution >= 0.6 is 0 Å². The molecule has 0 radical (unpaired) electrons. The third kappa shape index (κ3) is 4.45. The Morgan fingerprint density at radius 1 is 1.23 bits per heavy atom. The Hall–Kier alpha value is -1.59. The van der Waals surface area contributed by atoms with E-state index in [1.54, 1.807) is 6.07 Å². The van der Waals surface area contributed by atoms with E-state index >= 15 is 0 Å². The van der Waals surface area contributed by atoms with E-state index in [4.69, 9.17) is 14.2 Å². The van der Waals surface area contributed by atoms with Gasteiger partial charge in [0.2, 0.25) is 0 Å². The second-order valence-electron chi connectivity index (χ2n) is 5.38. The Kier molecular flexibility index (Phi) is 6.68. The minimum absolute atomic E-state index is 0.554. The number of aldehydes is 1. The van der Waals surface area contributed by atoms with Gasteiger partial charge in [0, 0.05) is 25.2 Å². The third-order valence-corrected chi connectivity index (χ3v) is 3.73. The van der Waals surface area contributed by atoms with E-state index in [1.807, 2.05) is 13.0 Å². The van der Waals surface area contributed by atoms with Crippen LogP contribution < -0.4 is 9.47 Å². The molecule has 122 valence electrons. The molecule has 1 heterocycles. The summed E-state index contributed by atoms with van der Waals surface area (Å²) >= 11 is 0.